The summed E-state index contributed by atoms with van der Waals surface area (Å²) in [5, 5.41) is 0. The molecule has 3 atom stereocenters. The molecule has 128 valence electrons. The van der Waals surface area contributed by atoms with Gasteiger partial charge in [0.1, 0.15) is 0 Å². The summed E-state index contributed by atoms with van der Waals surface area (Å²) in [5.74, 6) is 0.0347. The Morgan fingerprint density at radius 3 is 2.84 bits per heavy atom. The summed E-state index contributed by atoms with van der Waals surface area (Å²) in [7, 11) is 0. The van der Waals surface area contributed by atoms with Gasteiger partial charge in [0.2, 0.25) is 5.91 Å². The fourth-order valence-electron chi connectivity index (χ4n) is 4.63. The topological polar surface area (TPSA) is 65.6 Å². The Morgan fingerprint density at radius 1 is 1.24 bits per heavy atom. The lowest BCUT2D eigenvalue weighted by atomic mass is 10.0. The molecule has 0 saturated carbocycles. The summed E-state index contributed by atoms with van der Waals surface area (Å²) in [5.41, 5.74) is 1.05. The van der Waals surface area contributed by atoms with Gasteiger partial charge >= 0.3 is 0 Å². The summed E-state index contributed by atoms with van der Waals surface area (Å²) in [6.07, 6.45) is 4.44. The number of aromatic nitrogens is 1. The van der Waals surface area contributed by atoms with Gasteiger partial charge in [-0.3, -0.25) is 9.59 Å². The minimum atomic E-state index is -0.663. The molecule has 3 fully saturated rings. The van der Waals surface area contributed by atoms with Crippen LogP contribution in [0.3, 0.4) is 0 Å². The van der Waals surface area contributed by atoms with Gasteiger partial charge in [-0.15, -0.1) is 0 Å². The first-order valence-corrected chi connectivity index (χ1v) is 8.65. The molecule has 0 radical (unpaired) electrons. The van der Waals surface area contributed by atoms with E-state index < -0.39 is 5.72 Å². The van der Waals surface area contributed by atoms with E-state index in [1.165, 1.54) is 0 Å². The van der Waals surface area contributed by atoms with Crippen molar-refractivity contribution in [2.75, 3.05) is 13.2 Å². The highest BCUT2D eigenvalue weighted by Crippen LogP contribution is 2.51. The maximum atomic E-state index is 12.8. The molecule has 0 aliphatic carbocycles. The number of amides is 2. The molecule has 1 aromatic heterocycles. The average Bonchev–Trinajstić information content (AvgIpc) is 3.38. The number of ether oxygens (including phenoxy) is 1. The van der Waals surface area contributed by atoms with Gasteiger partial charge in [0.15, 0.2) is 5.72 Å². The zero-order valence-electron chi connectivity index (χ0n) is 13.7. The number of carbonyl (C=O) groups is 2. The molecule has 0 bridgehead atoms. The fraction of sp³-hybridized carbons (Fsp3) is 0.368. The first kappa shape index (κ1) is 14.7. The number of nitrogens with zero attached hydrogens (tertiary/aromatic N) is 2. The fourth-order valence-corrected chi connectivity index (χ4v) is 4.63. The monoisotopic (exact) mass is 337 g/mol. The molecular weight excluding hydrogens is 318 g/mol. The molecule has 5 rings (SSSR count). The first-order valence-electron chi connectivity index (χ1n) is 8.65. The zero-order chi connectivity index (χ0) is 17.0. The lowest BCUT2D eigenvalue weighted by Crippen LogP contribution is -2.49. The van der Waals surface area contributed by atoms with Crippen molar-refractivity contribution in [2.24, 2.45) is 0 Å². The molecule has 3 aliphatic heterocycles. The summed E-state index contributed by atoms with van der Waals surface area (Å²) < 4.78 is 6.23. The molecule has 1 aromatic carbocycles. The van der Waals surface area contributed by atoms with Crippen LogP contribution in [0.25, 0.3) is 0 Å². The number of carbonyl (C=O) groups excluding carboxylic acids is 2. The van der Waals surface area contributed by atoms with E-state index in [0.29, 0.717) is 31.6 Å². The molecule has 25 heavy (non-hydrogen) atoms. The van der Waals surface area contributed by atoms with Crippen LogP contribution >= 0.6 is 0 Å². The predicted octanol–water partition coefficient (Wildman–Crippen LogP) is 1.93. The van der Waals surface area contributed by atoms with Crippen molar-refractivity contribution in [1.82, 2.24) is 14.8 Å². The Kier molecular flexibility index (Phi) is 3.06. The van der Waals surface area contributed by atoms with Crippen LogP contribution in [-0.2, 0) is 9.53 Å². The largest absolute Gasteiger partial charge is 0.367 e. The molecule has 2 amide bonds. The highest BCUT2D eigenvalue weighted by Gasteiger charge is 2.65. The Morgan fingerprint density at radius 2 is 2.08 bits per heavy atom. The van der Waals surface area contributed by atoms with Gasteiger partial charge in [-0.1, -0.05) is 30.3 Å². The lowest BCUT2D eigenvalue weighted by Gasteiger charge is -2.33. The lowest BCUT2D eigenvalue weighted by molar-refractivity contribution is -0.138. The van der Waals surface area contributed by atoms with Gasteiger partial charge in [-0.2, -0.15) is 0 Å². The second-order valence-electron chi connectivity index (χ2n) is 6.91. The van der Waals surface area contributed by atoms with E-state index in [1.54, 1.807) is 18.5 Å². The van der Waals surface area contributed by atoms with E-state index in [1.807, 2.05) is 40.1 Å². The van der Waals surface area contributed by atoms with E-state index in [-0.39, 0.29) is 23.9 Å². The van der Waals surface area contributed by atoms with E-state index in [0.717, 1.165) is 5.56 Å². The molecular formula is C19H19N3O3. The van der Waals surface area contributed by atoms with Crippen LogP contribution in [0, 0.1) is 0 Å². The molecule has 3 saturated heterocycles. The van der Waals surface area contributed by atoms with E-state index in [4.69, 9.17) is 4.74 Å². The van der Waals surface area contributed by atoms with Gasteiger partial charge in [0, 0.05) is 25.4 Å². The van der Waals surface area contributed by atoms with Gasteiger partial charge in [0.25, 0.3) is 5.91 Å². The van der Waals surface area contributed by atoms with Gasteiger partial charge in [0.05, 0.1) is 30.7 Å². The number of benzene rings is 1. The van der Waals surface area contributed by atoms with Crippen LogP contribution in [0.1, 0.15) is 34.8 Å². The Hall–Kier alpha value is -2.60. The first-order chi connectivity index (χ1) is 12.2. The van der Waals surface area contributed by atoms with Crippen molar-refractivity contribution >= 4 is 11.8 Å². The van der Waals surface area contributed by atoms with Crippen molar-refractivity contribution in [3.05, 3.63) is 59.9 Å². The minimum absolute atomic E-state index is 0.0375. The molecule has 1 N–H and O–H groups in total. The van der Waals surface area contributed by atoms with Crippen molar-refractivity contribution in [1.29, 1.82) is 0 Å². The highest BCUT2D eigenvalue weighted by molar-refractivity contribution is 5.95. The van der Waals surface area contributed by atoms with Crippen molar-refractivity contribution in [2.45, 2.75) is 30.7 Å². The zero-order valence-corrected chi connectivity index (χ0v) is 13.7. The third-order valence-corrected chi connectivity index (χ3v) is 5.75. The summed E-state index contributed by atoms with van der Waals surface area (Å²) in [4.78, 5) is 32.3. The second-order valence-corrected chi connectivity index (χ2v) is 6.91. The summed E-state index contributed by atoms with van der Waals surface area (Å²) in [6, 6.07) is 11.5. The normalized spacial score (nSPS) is 30.6. The van der Waals surface area contributed by atoms with Crippen molar-refractivity contribution < 1.29 is 14.3 Å². The molecule has 0 unspecified atom stereocenters. The van der Waals surface area contributed by atoms with Crippen molar-refractivity contribution in [3.63, 3.8) is 0 Å². The standard InChI is InChI=1S/C19H19N3O3/c23-17-10-16-19(7-9-21(16)18(24)14-6-8-20-11-14)22(17)15(12-25-19)13-4-2-1-3-5-13/h1-6,8,11,15-16,20H,7,9-10,12H2/t15-,16+,19-/m0/s1. The number of nitrogens with one attached hydrogen (secondary N) is 1. The minimum Gasteiger partial charge on any atom is -0.367 e. The van der Waals surface area contributed by atoms with Crippen LogP contribution in [-0.4, -0.2) is 51.5 Å². The number of likely N-dealkylation sites (tertiary alicyclic amines) is 1. The molecule has 3 aliphatic rings. The van der Waals surface area contributed by atoms with Gasteiger partial charge in [-0.25, -0.2) is 0 Å². The van der Waals surface area contributed by atoms with Crippen molar-refractivity contribution in [3.8, 4) is 0 Å². The average molecular weight is 337 g/mol. The number of H-pyrrole nitrogens is 1. The van der Waals surface area contributed by atoms with Crippen LogP contribution in [0.4, 0.5) is 0 Å². The quantitative estimate of drug-likeness (QED) is 0.911. The Labute approximate surface area is 145 Å². The molecule has 6 nitrogen and oxygen atoms in total. The summed E-state index contributed by atoms with van der Waals surface area (Å²) >= 11 is 0. The smallest absolute Gasteiger partial charge is 0.255 e. The molecule has 6 heteroatoms. The van der Waals surface area contributed by atoms with E-state index in [2.05, 4.69) is 4.98 Å². The molecule has 4 heterocycles. The molecule has 1 spiro atoms. The van der Waals surface area contributed by atoms with Gasteiger partial charge < -0.3 is 19.5 Å². The number of hydrogen-bond acceptors (Lipinski definition) is 3. The van der Waals surface area contributed by atoms with Crippen LogP contribution < -0.4 is 0 Å². The van der Waals surface area contributed by atoms with Crippen LogP contribution in [0.15, 0.2) is 48.8 Å². The third-order valence-electron chi connectivity index (χ3n) is 5.75. The maximum Gasteiger partial charge on any atom is 0.255 e. The Bertz CT molecular complexity index is 820. The third kappa shape index (κ3) is 1.94. The highest BCUT2D eigenvalue weighted by atomic mass is 16.5. The SMILES string of the molecule is O=C(c1cc[nH]c1)N1CC[C@@]23OC[C@@H](c4ccccc4)N2C(=O)C[C@@H]13. The number of rotatable bonds is 2. The maximum absolute atomic E-state index is 12.8. The predicted molar refractivity (Wildman–Crippen MR) is 89.6 cm³/mol. The van der Waals surface area contributed by atoms with E-state index >= 15 is 0 Å². The van der Waals surface area contributed by atoms with Crippen LogP contribution in [0.2, 0.25) is 0 Å². The number of aromatic amines is 1. The second kappa shape index (κ2) is 5.20. The van der Waals surface area contributed by atoms with Gasteiger partial charge in [-0.05, 0) is 11.6 Å². The Balaban J connectivity index is 1.48. The number of hydrogen-bond donors (Lipinski definition) is 1. The molecule has 2 aromatic rings. The van der Waals surface area contributed by atoms with E-state index in [9.17, 15) is 9.59 Å². The summed E-state index contributed by atoms with van der Waals surface area (Å²) in [6.45, 7) is 1.10. The van der Waals surface area contributed by atoms with Crippen LogP contribution in [0.5, 0.6) is 0 Å².